The Morgan fingerprint density at radius 3 is 2.47 bits per heavy atom. The van der Waals surface area contributed by atoms with Crippen molar-refractivity contribution in [1.82, 2.24) is 14.7 Å². The molecule has 4 aliphatic heterocycles. The second kappa shape index (κ2) is 8.65. The van der Waals surface area contributed by atoms with Crippen LogP contribution in [-0.2, 0) is 11.2 Å². The van der Waals surface area contributed by atoms with Gasteiger partial charge in [-0.1, -0.05) is 30.5 Å². The highest BCUT2D eigenvalue weighted by Crippen LogP contribution is 2.27. The van der Waals surface area contributed by atoms with Crippen LogP contribution in [0.15, 0.2) is 29.3 Å². The third-order valence-electron chi connectivity index (χ3n) is 7.16. The zero-order valence-electron chi connectivity index (χ0n) is 19.2. The quantitative estimate of drug-likeness (QED) is 0.661. The maximum Gasteiger partial charge on any atom is 0.397 e. The first-order valence-corrected chi connectivity index (χ1v) is 12.0. The van der Waals surface area contributed by atoms with Gasteiger partial charge in [0.1, 0.15) is 5.69 Å². The molecule has 4 heterocycles. The number of rotatable bonds is 5. The molecule has 3 amide bonds. The molecule has 1 atom stereocenters. The van der Waals surface area contributed by atoms with Crippen molar-refractivity contribution < 1.29 is 14.2 Å². The van der Waals surface area contributed by atoms with Crippen molar-refractivity contribution in [3.63, 3.8) is 0 Å². The van der Waals surface area contributed by atoms with Crippen LogP contribution in [0.2, 0.25) is 0 Å². The molecule has 4 aliphatic rings. The number of likely N-dealkylation sites (N-methyl/N-ethyl adjacent to an activating group) is 1. The van der Waals surface area contributed by atoms with Crippen LogP contribution >= 0.6 is 0 Å². The molecule has 0 N–H and O–H groups in total. The summed E-state index contributed by atoms with van der Waals surface area (Å²) in [5.41, 5.74) is 2.37. The maximum atomic E-state index is 13.5. The van der Waals surface area contributed by atoms with Gasteiger partial charge in [0.05, 0.1) is 13.1 Å². The Hall–Kier alpha value is -2.74. The molecule has 1 unspecified atom stereocenters. The number of benzene rings is 1. The molecule has 1 aromatic carbocycles. The number of carbonyl (C=O) groups is 2. The monoisotopic (exact) mass is 437 g/mol. The van der Waals surface area contributed by atoms with Crippen molar-refractivity contribution in [3.8, 4) is 0 Å². The van der Waals surface area contributed by atoms with Gasteiger partial charge in [-0.05, 0) is 50.0 Å². The van der Waals surface area contributed by atoms with E-state index in [1.54, 1.807) is 11.9 Å². The zero-order valence-corrected chi connectivity index (χ0v) is 19.2. The number of fused-ring (bicyclic) bond motifs is 2. The molecule has 0 aromatic heterocycles. The number of amides is 3. The molecule has 0 spiro atoms. The Morgan fingerprint density at radius 1 is 1.00 bits per heavy atom. The van der Waals surface area contributed by atoms with Crippen molar-refractivity contribution in [3.05, 3.63) is 29.8 Å². The average molecular weight is 438 g/mol. The topological polar surface area (TPSA) is 62.5 Å². The molecular weight excluding hydrogens is 404 g/mol. The van der Waals surface area contributed by atoms with Crippen molar-refractivity contribution in [1.29, 1.82) is 0 Å². The van der Waals surface area contributed by atoms with Crippen molar-refractivity contribution in [2.24, 2.45) is 4.99 Å². The maximum absolute atomic E-state index is 13.5. The Kier molecular flexibility index (Phi) is 5.71. The van der Waals surface area contributed by atoms with E-state index in [0.717, 1.165) is 57.2 Å². The smallest absolute Gasteiger partial charge is 0.302 e. The van der Waals surface area contributed by atoms with E-state index in [-0.39, 0.29) is 11.9 Å². The van der Waals surface area contributed by atoms with Crippen LogP contribution in [0.3, 0.4) is 0 Å². The average Bonchev–Trinajstić information content (AvgIpc) is 3.23. The van der Waals surface area contributed by atoms with Gasteiger partial charge < -0.3 is 4.90 Å². The number of likely N-dealkylation sites (tertiary alicyclic amines) is 1. The first kappa shape index (κ1) is 21.1. The lowest BCUT2D eigenvalue weighted by atomic mass is 10.1. The Bertz CT molecular complexity index is 963. The molecule has 8 heteroatoms. The number of aryl methyl sites for hydroxylation is 1. The summed E-state index contributed by atoms with van der Waals surface area (Å²) in [6.45, 7) is 7.06. The number of aliphatic imine (C=N–C) groups is 1. The first-order valence-electron chi connectivity index (χ1n) is 12.0. The van der Waals surface area contributed by atoms with Gasteiger partial charge in [-0.25, -0.2) is 14.3 Å². The van der Waals surface area contributed by atoms with Crippen LogP contribution in [0.5, 0.6) is 0 Å². The molecule has 2 saturated heterocycles. The number of hydrogen-bond acceptors (Lipinski definition) is 5. The number of urea groups is 1. The van der Waals surface area contributed by atoms with E-state index in [0.29, 0.717) is 12.4 Å². The molecule has 0 aliphatic carbocycles. The molecule has 170 valence electrons. The van der Waals surface area contributed by atoms with Crippen LogP contribution in [0.1, 0.15) is 38.2 Å². The molecule has 1 aromatic rings. The van der Waals surface area contributed by atoms with Gasteiger partial charge in [-0.3, -0.25) is 14.6 Å². The van der Waals surface area contributed by atoms with Gasteiger partial charge in [-0.2, -0.15) is 0 Å². The van der Waals surface area contributed by atoms with Crippen molar-refractivity contribution in [2.45, 2.75) is 45.1 Å². The summed E-state index contributed by atoms with van der Waals surface area (Å²) in [7, 11) is 1.74. The zero-order chi connectivity index (χ0) is 22.2. The van der Waals surface area contributed by atoms with Gasteiger partial charge in [-0.15, -0.1) is 0 Å². The number of imide groups is 1. The van der Waals surface area contributed by atoms with Crippen LogP contribution in [0.25, 0.3) is 0 Å². The van der Waals surface area contributed by atoms with E-state index in [1.165, 1.54) is 29.7 Å². The minimum atomic E-state index is -0.508. The van der Waals surface area contributed by atoms with Crippen molar-refractivity contribution >= 4 is 29.4 Å². The summed E-state index contributed by atoms with van der Waals surface area (Å²) in [5, 5.41) is 0. The first-order chi connectivity index (χ1) is 15.6. The van der Waals surface area contributed by atoms with E-state index in [2.05, 4.69) is 45.6 Å². The predicted molar refractivity (Wildman–Crippen MR) is 124 cm³/mol. The molecule has 0 radical (unpaired) electrons. The van der Waals surface area contributed by atoms with Crippen LogP contribution in [0.4, 0.5) is 10.5 Å². The van der Waals surface area contributed by atoms with Gasteiger partial charge in [0, 0.05) is 26.6 Å². The summed E-state index contributed by atoms with van der Waals surface area (Å²) >= 11 is 0. The SMILES string of the molecule is CCc1ccc(N2CCC[N+]3=C2N=C2C3C(=O)N(CCN3CCCCC3)C(=O)N2C)cc1. The largest absolute Gasteiger partial charge is 0.397 e. The molecule has 8 nitrogen and oxygen atoms in total. The summed E-state index contributed by atoms with van der Waals surface area (Å²) in [6.07, 6.45) is 5.61. The minimum Gasteiger partial charge on any atom is -0.302 e. The van der Waals surface area contributed by atoms with Crippen LogP contribution < -0.4 is 4.90 Å². The van der Waals surface area contributed by atoms with E-state index in [4.69, 9.17) is 4.99 Å². The fraction of sp³-hybridized carbons (Fsp3) is 0.583. The van der Waals surface area contributed by atoms with Crippen LogP contribution in [-0.4, -0.2) is 95.4 Å². The van der Waals surface area contributed by atoms with E-state index < -0.39 is 6.04 Å². The number of guanidine groups is 1. The second-order valence-electron chi connectivity index (χ2n) is 9.12. The lowest BCUT2D eigenvalue weighted by molar-refractivity contribution is -0.539. The number of amidine groups is 1. The number of anilines is 1. The Balaban J connectivity index is 1.40. The van der Waals surface area contributed by atoms with E-state index in [9.17, 15) is 9.59 Å². The Morgan fingerprint density at radius 2 is 1.75 bits per heavy atom. The fourth-order valence-corrected chi connectivity index (χ4v) is 5.24. The third kappa shape index (κ3) is 3.60. The lowest BCUT2D eigenvalue weighted by Gasteiger charge is -2.36. The highest BCUT2D eigenvalue weighted by molar-refractivity contribution is 6.24. The standard InChI is InChI=1S/C24H33N6O2/c1-3-18-8-10-19(11-9-18)28-14-7-15-29-20-21(25-23(28)29)26(2)24(32)30(22(20)31)17-16-27-12-5-4-6-13-27/h8-11,20H,3-7,12-17H2,1-2H3/q+1. The summed E-state index contributed by atoms with van der Waals surface area (Å²) in [5.74, 6) is 1.20. The molecular formula is C24H33N6O2+. The second-order valence-corrected chi connectivity index (χ2v) is 9.12. The fourth-order valence-electron chi connectivity index (χ4n) is 5.24. The number of carbonyl (C=O) groups excluding carboxylic acids is 2. The minimum absolute atomic E-state index is 0.137. The summed E-state index contributed by atoms with van der Waals surface area (Å²) in [4.78, 5) is 39.0. The van der Waals surface area contributed by atoms with Crippen LogP contribution in [0, 0.1) is 0 Å². The van der Waals surface area contributed by atoms with Gasteiger partial charge in [0.25, 0.3) is 5.91 Å². The number of hydrogen-bond donors (Lipinski definition) is 0. The molecule has 0 saturated carbocycles. The Labute approximate surface area is 189 Å². The van der Waals surface area contributed by atoms with E-state index >= 15 is 0 Å². The van der Waals surface area contributed by atoms with Gasteiger partial charge in [0.15, 0.2) is 0 Å². The van der Waals surface area contributed by atoms with Crippen molar-refractivity contribution in [2.75, 3.05) is 51.2 Å². The summed E-state index contributed by atoms with van der Waals surface area (Å²) in [6, 6.07) is 7.77. The molecule has 5 rings (SSSR count). The predicted octanol–water partition coefficient (Wildman–Crippen LogP) is 1.99. The number of piperidine rings is 1. The summed E-state index contributed by atoms with van der Waals surface area (Å²) < 4.78 is 2.09. The normalized spacial score (nSPS) is 24.1. The number of nitrogens with zero attached hydrogens (tertiary/aromatic N) is 6. The van der Waals surface area contributed by atoms with Gasteiger partial charge in [0.2, 0.25) is 11.9 Å². The van der Waals surface area contributed by atoms with Gasteiger partial charge >= 0.3 is 12.0 Å². The third-order valence-corrected chi connectivity index (χ3v) is 7.16. The molecule has 0 bridgehead atoms. The van der Waals surface area contributed by atoms with E-state index in [1.807, 2.05) is 0 Å². The molecule has 2 fully saturated rings. The highest BCUT2D eigenvalue weighted by atomic mass is 16.2. The lowest BCUT2D eigenvalue weighted by Crippen LogP contribution is -2.64. The highest BCUT2D eigenvalue weighted by Gasteiger charge is 2.54. The molecule has 32 heavy (non-hydrogen) atoms.